The number of hydrogen-bond donors (Lipinski definition) is 2. The van der Waals surface area contributed by atoms with Crippen molar-refractivity contribution in [3.05, 3.63) is 48.0 Å². The van der Waals surface area contributed by atoms with Crippen molar-refractivity contribution in [2.45, 2.75) is 39.7 Å². The van der Waals surface area contributed by atoms with Gasteiger partial charge in [0.2, 0.25) is 0 Å². The van der Waals surface area contributed by atoms with Crippen molar-refractivity contribution in [3.63, 3.8) is 0 Å². The molecule has 2 aromatic carbocycles. The second-order valence-electron chi connectivity index (χ2n) is 7.03. The van der Waals surface area contributed by atoms with E-state index < -0.39 is 0 Å². The van der Waals surface area contributed by atoms with Gasteiger partial charge in [0.15, 0.2) is 5.96 Å². The van der Waals surface area contributed by atoms with E-state index >= 15 is 0 Å². The van der Waals surface area contributed by atoms with E-state index in [9.17, 15) is 0 Å². The molecule has 30 heavy (non-hydrogen) atoms. The minimum atomic E-state index is 0. The molecule has 0 aromatic heterocycles. The first kappa shape index (κ1) is 24.1. The van der Waals surface area contributed by atoms with Gasteiger partial charge in [0, 0.05) is 24.8 Å². The third-order valence-corrected chi connectivity index (χ3v) is 4.93. The largest absolute Gasteiger partial charge is 0.494 e. The Balaban J connectivity index is 0.00000320. The number of benzene rings is 2. The van der Waals surface area contributed by atoms with Crippen molar-refractivity contribution in [2.24, 2.45) is 10.7 Å². The van der Waals surface area contributed by atoms with Crippen molar-refractivity contribution < 1.29 is 9.47 Å². The molecule has 7 heteroatoms. The van der Waals surface area contributed by atoms with Crippen LogP contribution in [0.5, 0.6) is 11.5 Å². The number of rotatable bonds is 8. The van der Waals surface area contributed by atoms with Crippen LogP contribution in [0.25, 0.3) is 0 Å². The minimum absolute atomic E-state index is 0. The molecule has 2 aromatic rings. The lowest BCUT2D eigenvalue weighted by Gasteiger charge is -2.30. The summed E-state index contributed by atoms with van der Waals surface area (Å²) in [5.74, 6) is 1.84. The van der Waals surface area contributed by atoms with Gasteiger partial charge in [-0.2, -0.15) is 0 Å². The summed E-state index contributed by atoms with van der Waals surface area (Å²) in [6, 6.07) is 14.1. The molecule has 0 unspecified atom stereocenters. The normalized spacial score (nSPS) is 14.1. The Morgan fingerprint density at radius 3 is 2.50 bits per heavy atom. The molecule has 1 aliphatic rings. The summed E-state index contributed by atoms with van der Waals surface area (Å²) in [4.78, 5) is 7.04. The summed E-state index contributed by atoms with van der Waals surface area (Å²) in [5.41, 5.74) is 9.40. The first-order chi connectivity index (χ1) is 14.2. The number of nitrogens with zero attached hydrogens (tertiary/aromatic N) is 2. The Labute approximate surface area is 196 Å². The smallest absolute Gasteiger partial charge is 0.193 e. The Morgan fingerprint density at radius 2 is 1.77 bits per heavy atom. The van der Waals surface area contributed by atoms with Gasteiger partial charge in [0.25, 0.3) is 0 Å². The molecule has 0 atom stereocenters. The fourth-order valence-electron chi connectivity index (χ4n) is 3.58. The van der Waals surface area contributed by atoms with Crippen LogP contribution in [0.2, 0.25) is 0 Å². The highest BCUT2D eigenvalue weighted by Gasteiger charge is 2.14. The second-order valence-corrected chi connectivity index (χ2v) is 7.03. The maximum atomic E-state index is 6.20. The summed E-state index contributed by atoms with van der Waals surface area (Å²) in [6.07, 6.45) is 3.81. The van der Waals surface area contributed by atoms with Gasteiger partial charge in [-0.05, 0) is 56.9 Å². The summed E-state index contributed by atoms with van der Waals surface area (Å²) in [5, 5.41) is 3.17. The highest BCUT2D eigenvalue weighted by atomic mass is 127. The molecule has 1 heterocycles. The molecule has 0 aliphatic carbocycles. The van der Waals surface area contributed by atoms with Crippen molar-refractivity contribution in [1.29, 1.82) is 0 Å². The second kappa shape index (κ2) is 12.5. The monoisotopic (exact) mass is 524 g/mol. The number of hydrogen-bond acceptors (Lipinski definition) is 4. The maximum absolute atomic E-state index is 6.20. The van der Waals surface area contributed by atoms with Gasteiger partial charge in [0.1, 0.15) is 11.5 Å². The molecular formula is C23H33IN4O2. The number of aliphatic imine (C=N–C) groups is 1. The molecule has 3 rings (SSSR count). The number of nitrogens with one attached hydrogen (secondary N) is 1. The number of para-hydroxylation sites is 1. The summed E-state index contributed by atoms with van der Waals surface area (Å²) >= 11 is 0. The average Bonchev–Trinajstić information content (AvgIpc) is 2.75. The Bertz CT molecular complexity index is 823. The first-order valence-electron chi connectivity index (χ1n) is 10.5. The van der Waals surface area contributed by atoms with Crippen LogP contribution in [0.3, 0.4) is 0 Å². The van der Waals surface area contributed by atoms with Crippen LogP contribution in [0.15, 0.2) is 47.5 Å². The molecule has 164 valence electrons. The predicted octanol–water partition coefficient (Wildman–Crippen LogP) is 5.02. The molecule has 0 spiro atoms. The van der Waals surface area contributed by atoms with Crippen molar-refractivity contribution >= 4 is 41.3 Å². The van der Waals surface area contributed by atoms with Gasteiger partial charge < -0.3 is 25.4 Å². The van der Waals surface area contributed by atoms with Crippen molar-refractivity contribution in [3.8, 4) is 11.5 Å². The molecule has 3 N–H and O–H groups in total. The van der Waals surface area contributed by atoms with Gasteiger partial charge in [0.05, 0.1) is 25.4 Å². The SMILES string of the molecule is CCOc1ccc(OCC)c(NC(N)=NCc2ccccc2N2CCCCC2)c1.I. The van der Waals surface area contributed by atoms with Crippen LogP contribution >= 0.6 is 24.0 Å². The van der Waals surface area contributed by atoms with Crippen LogP contribution in [-0.2, 0) is 6.54 Å². The molecule has 0 amide bonds. The molecule has 6 nitrogen and oxygen atoms in total. The van der Waals surface area contributed by atoms with Gasteiger partial charge in [-0.15, -0.1) is 24.0 Å². The molecule has 1 aliphatic heterocycles. The zero-order valence-electron chi connectivity index (χ0n) is 17.9. The van der Waals surface area contributed by atoms with E-state index in [2.05, 4.69) is 39.5 Å². The van der Waals surface area contributed by atoms with Crippen LogP contribution < -0.4 is 25.4 Å². The molecule has 0 bridgehead atoms. The zero-order valence-corrected chi connectivity index (χ0v) is 20.2. The van der Waals surface area contributed by atoms with Gasteiger partial charge in [-0.3, -0.25) is 0 Å². The third kappa shape index (κ3) is 6.68. The summed E-state index contributed by atoms with van der Waals surface area (Å²) < 4.78 is 11.3. The van der Waals surface area contributed by atoms with E-state index in [1.807, 2.05) is 32.0 Å². The number of piperidine rings is 1. The number of halogens is 1. The van der Waals surface area contributed by atoms with Gasteiger partial charge >= 0.3 is 0 Å². The average molecular weight is 524 g/mol. The molecule has 1 saturated heterocycles. The molecular weight excluding hydrogens is 491 g/mol. The summed E-state index contributed by atoms with van der Waals surface area (Å²) in [6.45, 7) is 7.83. The summed E-state index contributed by atoms with van der Waals surface area (Å²) in [7, 11) is 0. The van der Waals surface area contributed by atoms with Crippen molar-refractivity contribution in [1.82, 2.24) is 0 Å². The van der Waals surface area contributed by atoms with Crippen LogP contribution in [0.1, 0.15) is 38.7 Å². The maximum Gasteiger partial charge on any atom is 0.193 e. The van der Waals surface area contributed by atoms with Gasteiger partial charge in [-0.25, -0.2) is 4.99 Å². The van der Waals surface area contributed by atoms with E-state index in [4.69, 9.17) is 15.2 Å². The fourth-order valence-corrected chi connectivity index (χ4v) is 3.58. The fraction of sp³-hybridized carbons (Fsp3) is 0.435. The Kier molecular flexibility index (Phi) is 10.1. The lowest BCUT2D eigenvalue weighted by Crippen LogP contribution is -2.30. The van der Waals surface area contributed by atoms with E-state index in [0.717, 1.165) is 30.3 Å². The topological polar surface area (TPSA) is 72.1 Å². The lowest BCUT2D eigenvalue weighted by atomic mass is 10.1. The highest BCUT2D eigenvalue weighted by Crippen LogP contribution is 2.29. The lowest BCUT2D eigenvalue weighted by molar-refractivity contribution is 0.332. The molecule has 1 fully saturated rings. The standard InChI is InChI=1S/C23H32N4O2.HI/c1-3-28-19-12-13-22(29-4-2)20(16-19)26-23(24)25-17-18-10-6-7-11-21(18)27-14-8-5-9-15-27;/h6-7,10-13,16H,3-5,8-9,14-15,17H2,1-2H3,(H3,24,25,26);1H. The quantitative estimate of drug-likeness (QED) is 0.288. The van der Waals surface area contributed by atoms with E-state index in [1.165, 1.54) is 30.5 Å². The first-order valence-corrected chi connectivity index (χ1v) is 10.5. The molecule has 0 radical (unpaired) electrons. The molecule has 0 saturated carbocycles. The third-order valence-electron chi connectivity index (χ3n) is 4.93. The Morgan fingerprint density at radius 1 is 1.03 bits per heavy atom. The predicted molar refractivity (Wildman–Crippen MR) is 136 cm³/mol. The number of anilines is 2. The van der Waals surface area contributed by atoms with E-state index in [0.29, 0.717) is 25.7 Å². The number of nitrogens with two attached hydrogens (primary N) is 1. The number of ether oxygens (including phenoxy) is 2. The minimum Gasteiger partial charge on any atom is -0.494 e. The van der Waals surface area contributed by atoms with Crippen molar-refractivity contribution in [2.75, 3.05) is 36.5 Å². The van der Waals surface area contributed by atoms with E-state index in [-0.39, 0.29) is 24.0 Å². The van der Waals surface area contributed by atoms with Gasteiger partial charge in [-0.1, -0.05) is 18.2 Å². The van der Waals surface area contributed by atoms with Crippen LogP contribution in [0, 0.1) is 0 Å². The Hall–Kier alpha value is -2.16. The number of guanidine groups is 1. The highest BCUT2D eigenvalue weighted by molar-refractivity contribution is 14.0. The van der Waals surface area contributed by atoms with E-state index in [1.54, 1.807) is 0 Å². The van der Waals surface area contributed by atoms with Crippen LogP contribution in [0.4, 0.5) is 11.4 Å². The zero-order chi connectivity index (χ0) is 20.5. The van der Waals surface area contributed by atoms with Crippen LogP contribution in [-0.4, -0.2) is 32.3 Å².